The first-order chi connectivity index (χ1) is 17.2. The minimum atomic E-state index is -0.562. The van der Waals surface area contributed by atoms with Crippen LogP contribution in [0.2, 0.25) is 0 Å². The summed E-state index contributed by atoms with van der Waals surface area (Å²) in [6, 6.07) is 10.9. The maximum absolute atomic E-state index is 2.36. The highest BCUT2D eigenvalue weighted by atomic mass is 31.2. The highest BCUT2D eigenvalue weighted by Crippen LogP contribution is 2.61. The summed E-state index contributed by atoms with van der Waals surface area (Å²) in [7, 11) is -0.562. The van der Waals surface area contributed by atoms with Crippen LogP contribution >= 0.6 is 7.26 Å². The maximum Gasteiger partial charge on any atom is 0.0594 e. The van der Waals surface area contributed by atoms with E-state index in [0.29, 0.717) is 0 Å². The van der Waals surface area contributed by atoms with Crippen LogP contribution in [0.15, 0.2) is 30.3 Å². The predicted molar refractivity (Wildman–Crippen MR) is 168 cm³/mol. The van der Waals surface area contributed by atoms with Gasteiger partial charge in [0.25, 0.3) is 0 Å². The van der Waals surface area contributed by atoms with E-state index in [0.717, 1.165) is 0 Å². The van der Waals surface area contributed by atoms with Crippen molar-refractivity contribution < 1.29 is 0 Å². The minimum absolute atomic E-state index is 0.562. The van der Waals surface area contributed by atoms with Crippen molar-refractivity contribution in [2.75, 3.05) is 24.6 Å². The molecule has 0 saturated heterocycles. The summed E-state index contributed by atoms with van der Waals surface area (Å²) in [5.41, 5.74) is 1.50. The molecule has 0 spiro atoms. The molecule has 0 aliphatic heterocycles. The molecule has 0 aromatic heterocycles. The zero-order chi connectivity index (χ0) is 25.9. The first-order valence-corrected chi connectivity index (χ1v) is 18.6. The first-order valence-electron chi connectivity index (χ1n) is 16.1. The molecule has 0 fully saturated rings. The van der Waals surface area contributed by atoms with E-state index in [1.807, 2.05) is 0 Å². The van der Waals surface area contributed by atoms with E-state index in [4.69, 9.17) is 0 Å². The van der Waals surface area contributed by atoms with Crippen LogP contribution in [-0.2, 0) is 6.42 Å². The van der Waals surface area contributed by atoms with Crippen molar-refractivity contribution in [3.05, 3.63) is 35.9 Å². The molecular formula is C34H66P+. The molecule has 0 bridgehead atoms. The van der Waals surface area contributed by atoms with Gasteiger partial charge in [-0.2, -0.15) is 0 Å². The topological polar surface area (TPSA) is 0 Å². The Morgan fingerprint density at radius 3 is 1.11 bits per heavy atom. The Morgan fingerprint density at radius 1 is 0.400 bits per heavy atom. The minimum Gasteiger partial charge on any atom is -0.0654 e. The smallest absolute Gasteiger partial charge is 0.0594 e. The van der Waals surface area contributed by atoms with Crippen molar-refractivity contribution in [3.8, 4) is 0 Å². The molecule has 0 unspecified atom stereocenters. The molecule has 0 saturated carbocycles. The van der Waals surface area contributed by atoms with E-state index >= 15 is 0 Å². The molecule has 35 heavy (non-hydrogen) atoms. The Bertz CT molecular complexity index is 471. The van der Waals surface area contributed by atoms with E-state index in [2.05, 4.69) is 65.0 Å². The van der Waals surface area contributed by atoms with Crippen LogP contribution in [0.25, 0.3) is 0 Å². The second-order valence-corrected chi connectivity index (χ2v) is 15.5. The fourth-order valence-electron chi connectivity index (χ4n) is 5.11. The fraction of sp³-hybridized carbons (Fsp3) is 0.824. The Hall–Kier alpha value is -0.350. The molecule has 0 atom stereocenters. The molecule has 0 amide bonds. The van der Waals surface area contributed by atoms with Gasteiger partial charge in [0.15, 0.2) is 0 Å². The summed E-state index contributed by atoms with van der Waals surface area (Å²) in [5.74, 6) is 0. The summed E-state index contributed by atoms with van der Waals surface area (Å²) < 4.78 is 0. The number of hydrogen-bond acceptors (Lipinski definition) is 0. The van der Waals surface area contributed by atoms with Crippen LogP contribution in [0, 0.1) is 0 Å². The maximum atomic E-state index is 2.36. The molecule has 1 rings (SSSR count). The van der Waals surface area contributed by atoms with Gasteiger partial charge in [-0.1, -0.05) is 148 Å². The van der Waals surface area contributed by atoms with Gasteiger partial charge in [-0.05, 0) is 44.1 Å². The fourth-order valence-corrected chi connectivity index (χ4v) is 10.4. The molecule has 0 nitrogen and oxygen atoms in total. The number of rotatable bonds is 23. The van der Waals surface area contributed by atoms with E-state index in [1.54, 1.807) is 24.6 Å². The third kappa shape index (κ3) is 21.4. The van der Waals surface area contributed by atoms with Crippen molar-refractivity contribution in [1.82, 2.24) is 0 Å². The Labute approximate surface area is 224 Å². The molecule has 0 aliphatic carbocycles. The number of benzene rings is 1. The van der Waals surface area contributed by atoms with E-state index < -0.39 is 7.26 Å². The second kappa shape index (κ2) is 26.7. The summed E-state index contributed by atoms with van der Waals surface area (Å²) in [4.78, 5) is 0. The Kier molecular flexibility index (Phi) is 26.4. The van der Waals surface area contributed by atoms with Crippen LogP contribution < -0.4 is 0 Å². The lowest BCUT2D eigenvalue weighted by atomic mass is 10.0. The molecule has 0 heterocycles. The van der Waals surface area contributed by atoms with Gasteiger partial charge in [0.05, 0.1) is 24.6 Å². The van der Waals surface area contributed by atoms with Gasteiger partial charge in [0, 0.05) is 7.26 Å². The van der Waals surface area contributed by atoms with Gasteiger partial charge in [-0.25, -0.2) is 0 Å². The number of hydrogen-bond donors (Lipinski definition) is 0. The second-order valence-electron chi connectivity index (χ2n) is 11.1. The molecular weight excluding hydrogens is 439 g/mol. The first kappa shape index (κ1) is 34.6. The van der Waals surface area contributed by atoms with Crippen molar-refractivity contribution in [1.29, 1.82) is 0 Å². The third-order valence-electron chi connectivity index (χ3n) is 7.61. The SMILES string of the molecule is CCCCCCCCCCCCc1ccccc1.CCCC[P+](CCCC)(CCCC)CCCC. The van der Waals surface area contributed by atoms with Crippen LogP contribution in [0.1, 0.15) is 156 Å². The lowest BCUT2D eigenvalue weighted by Gasteiger charge is -2.28. The third-order valence-corrected chi connectivity index (χ3v) is 12.7. The van der Waals surface area contributed by atoms with Gasteiger partial charge in [-0.3, -0.25) is 0 Å². The zero-order valence-corrected chi connectivity index (χ0v) is 26.0. The van der Waals surface area contributed by atoms with Gasteiger partial charge in [0.1, 0.15) is 0 Å². The molecule has 0 N–H and O–H groups in total. The summed E-state index contributed by atoms with van der Waals surface area (Å²) >= 11 is 0. The molecule has 0 radical (unpaired) electrons. The molecule has 1 heteroatoms. The van der Waals surface area contributed by atoms with Crippen LogP contribution in [0.5, 0.6) is 0 Å². The summed E-state index contributed by atoms with van der Waals surface area (Å²) in [5, 5.41) is 0. The van der Waals surface area contributed by atoms with Gasteiger partial charge in [-0.15, -0.1) is 0 Å². The zero-order valence-electron chi connectivity index (χ0n) is 25.1. The van der Waals surface area contributed by atoms with Crippen molar-refractivity contribution >= 4 is 7.26 Å². The van der Waals surface area contributed by atoms with Gasteiger partial charge < -0.3 is 0 Å². The van der Waals surface area contributed by atoms with E-state index in [1.165, 1.54) is 128 Å². The Balaban J connectivity index is 0.000000662. The van der Waals surface area contributed by atoms with Crippen molar-refractivity contribution in [3.63, 3.8) is 0 Å². The highest BCUT2D eigenvalue weighted by Gasteiger charge is 2.34. The predicted octanol–water partition coefficient (Wildman–Crippen LogP) is 12.4. The summed E-state index contributed by atoms with van der Waals surface area (Å²) in [6.45, 7) is 11.7. The average molecular weight is 506 g/mol. The van der Waals surface area contributed by atoms with Crippen LogP contribution in [-0.4, -0.2) is 24.6 Å². The normalized spacial score (nSPS) is 11.3. The standard InChI is InChI=1S/C18H30.C16H36P/c1-2-3-4-5-6-7-8-9-10-12-15-18-16-13-11-14-17-18;1-5-9-13-17(14-10-6-2,15-11-7-3)16-12-8-4/h11,13-14,16-17H,2-10,12,15H2,1H3;5-16H2,1-4H3/q;+1. The van der Waals surface area contributed by atoms with E-state index in [9.17, 15) is 0 Å². The van der Waals surface area contributed by atoms with Crippen LogP contribution in [0.4, 0.5) is 0 Å². The number of unbranched alkanes of at least 4 members (excludes halogenated alkanes) is 13. The van der Waals surface area contributed by atoms with E-state index in [-0.39, 0.29) is 0 Å². The lowest BCUT2D eigenvalue weighted by Crippen LogP contribution is -2.12. The van der Waals surface area contributed by atoms with Gasteiger partial charge in [0.2, 0.25) is 0 Å². The average Bonchev–Trinajstić information content (AvgIpc) is 2.90. The quantitative estimate of drug-likeness (QED) is 0.102. The van der Waals surface area contributed by atoms with Crippen LogP contribution in [0.3, 0.4) is 0 Å². The molecule has 1 aromatic carbocycles. The summed E-state index contributed by atoms with van der Waals surface area (Å²) in [6.07, 6.45) is 33.5. The molecule has 206 valence electrons. The monoisotopic (exact) mass is 505 g/mol. The van der Waals surface area contributed by atoms with Gasteiger partial charge >= 0.3 is 0 Å². The van der Waals surface area contributed by atoms with Crippen molar-refractivity contribution in [2.24, 2.45) is 0 Å². The van der Waals surface area contributed by atoms with Crippen molar-refractivity contribution in [2.45, 2.75) is 157 Å². The molecule has 0 aliphatic rings. The Morgan fingerprint density at radius 2 is 0.743 bits per heavy atom. The number of aryl methyl sites for hydroxylation is 1. The highest BCUT2D eigenvalue weighted by molar-refractivity contribution is 7.75. The largest absolute Gasteiger partial charge is 0.0654 e. The lowest BCUT2D eigenvalue weighted by molar-refractivity contribution is 0.556. The molecule has 1 aromatic rings.